The van der Waals surface area contributed by atoms with Gasteiger partial charge in [0.05, 0.1) is 17.4 Å². The number of rotatable bonds is 3. The fourth-order valence-electron chi connectivity index (χ4n) is 1.74. The van der Waals surface area contributed by atoms with Gasteiger partial charge < -0.3 is 9.73 Å². The van der Waals surface area contributed by atoms with Gasteiger partial charge in [0.15, 0.2) is 15.6 Å². The maximum atomic E-state index is 11.7. The number of halogens is 1. The highest BCUT2D eigenvalue weighted by atomic mass is 35.5. The second-order valence-corrected chi connectivity index (χ2v) is 6.47. The van der Waals surface area contributed by atoms with E-state index >= 15 is 0 Å². The van der Waals surface area contributed by atoms with Gasteiger partial charge in [-0.25, -0.2) is 8.42 Å². The molecule has 1 fully saturated rings. The van der Waals surface area contributed by atoms with Crippen LogP contribution in [0.2, 0.25) is 0 Å². The molecule has 0 spiro atoms. The van der Waals surface area contributed by atoms with Gasteiger partial charge in [0.2, 0.25) is 0 Å². The predicted molar refractivity (Wildman–Crippen MR) is 62.8 cm³/mol. The van der Waals surface area contributed by atoms with Crippen molar-refractivity contribution in [3.63, 3.8) is 0 Å². The number of amides is 1. The second-order valence-electron chi connectivity index (χ2n) is 3.97. The minimum atomic E-state index is -2.99. The molecule has 94 valence electrons. The highest BCUT2D eigenvalue weighted by Gasteiger charge is 2.29. The van der Waals surface area contributed by atoms with E-state index in [2.05, 4.69) is 5.32 Å². The molecule has 1 unspecified atom stereocenters. The molecule has 1 saturated heterocycles. The summed E-state index contributed by atoms with van der Waals surface area (Å²) in [5.41, 5.74) is 0. The van der Waals surface area contributed by atoms with Crippen molar-refractivity contribution in [1.29, 1.82) is 0 Å². The molecule has 0 saturated carbocycles. The van der Waals surface area contributed by atoms with E-state index in [0.29, 0.717) is 12.2 Å². The lowest BCUT2D eigenvalue weighted by atomic mass is 10.2. The third-order valence-electron chi connectivity index (χ3n) is 2.58. The Kier molecular flexibility index (Phi) is 3.44. The molecule has 1 amide bonds. The third-order valence-corrected chi connectivity index (χ3v) is 4.62. The van der Waals surface area contributed by atoms with Crippen LogP contribution in [0.3, 0.4) is 0 Å². The minimum Gasteiger partial charge on any atom is -0.455 e. The SMILES string of the molecule is O=C(NC1CCS(=O)(=O)C1)c1ccc(CCl)o1. The van der Waals surface area contributed by atoms with Crippen LogP contribution in [0.25, 0.3) is 0 Å². The van der Waals surface area contributed by atoms with Crippen LogP contribution >= 0.6 is 11.6 Å². The lowest BCUT2D eigenvalue weighted by molar-refractivity contribution is 0.0911. The van der Waals surface area contributed by atoms with E-state index in [-0.39, 0.29) is 29.2 Å². The van der Waals surface area contributed by atoms with E-state index in [1.807, 2.05) is 0 Å². The number of nitrogens with one attached hydrogen (secondary N) is 1. The van der Waals surface area contributed by atoms with E-state index < -0.39 is 15.7 Å². The van der Waals surface area contributed by atoms with Crippen LogP contribution < -0.4 is 5.32 Å². The standard InChI is InChI=1S/C10H12ClNO4S/c11-5-8-1-2-9(16-8)10(13)12-7-3-4-17(14,15)6-7/h1-2,7H,3-6H2,(H,12,13). The van der Waals surface area contributed by atoms with Gasteiger partial charge in [0.25, 0.3) is 5.91 Å². The van der Waals surface area contributed by atoms with Gasteiger partial charge >= 0.3 is 0 Å². The summed E-state index contributed by atoms with van der Waals surface area (Å²) in [4.78, 5) is 11.7. The average molecular weight is 278 g/mol. The highest BCUT2D eigenvalue weighted by Crippen LogP contribution is 2.14. The summed E-state index contributed by atoms with van der Waals surface area (Å²) < 4.78 is 27.6. The van der Waals surface area contributed by atoms with E-state index in [9.17, 15) is 13.2 Å². The quantitative estimate of drug-likeness (QED) is 0.834. The summed E-state index contributed by atoms with van der Waals surface area (Å²) in [5, 5.41) is 2.63. The van der Waals surface area contributed by atoms with Crippen LogP contribution in [0.5, 0.6) is 0 Å². The molecule has 1 atom stereocenters. The molecule has 0 radical (unpaired) electrons. The topological polar surface area (TPSA) is 76.4 Å². The minimum absolute atomic E-state index is 0.00180. The molecule has 0 aromatic carbocycles. The lowest BCUT2D eigenvalue weighted by Crippen LogP contribution is -2.35. The van der Waals surface area contributed by atoms with Crippen molar-refractivity contribution in [1.82, 2.24) is 5.32 Å². The van der Waals surface area contributed by atoms with Gasteiger partial charge in [-0.3, -0.25) is 4.79 Å². The normalized spacial score (nSPS) is 22.5. The van der Waals surface area contributed by atoms with Gasteiger partial charge in [-0.2, -0.15) is 0 Å². The first-order valence-electron chi connectivity index (χ1n) is 5.16. The summed E-state index contributed by atoms with van der Waals surface area (Å²) in [6, 6.07) is 2.82. The Morgan fingerprint density at radius 2 is 2.29 bits per heavy atom. The van der Waals surface area contributed by atoms with E-state index in [1.165, 1.54) is 6.07 Å². The molecular formula is C10H12ClNO4S. The van der Waals surface area contributed by atoms with Gasteiger partial charge in [0.1, 0.15) is 5.76 Å². The molecule has 17 heavy (non-hydrogen) atoms. The second kappa shape index (κ2) is 4.70. The molecule has 0 aliphatic carbocycles. The summed E-state index contributed by atoms with van der Waals surface area (Å²) in [5.74, 6) is 0.597. The predicted octanol–water partition coefficient (Wildman–Crippen LogP) is 0.935. The number of furan rings is 1. The molecule has 1 aromatic heterocycles. The average Bonchev–Trinajstić information content (AvgIpc) is 2.85. The Balaban J connectivity index is 1.98. The molecule has 1 aliphatic rings. The van der Waals surface area contributed by atoms with E-state index in [0.717, 1.165) is 0 Å². The fourth-order valence-corrected chi connectivity index (χ4v) is 3.55. The van der Waals surface area contributed by atoms with Crippen LogP contribution in [0.4, 0.5) is 0 Å². The van der Waals surface area contributed by atoms with Crippen molar-refractivity contribution in [2.24, 2.45) is 0 Å². The summed E-state index contributed by atoms with van der Waals surface area (Å²) in [6.07, 6.45) is 0.456. The number of hydrogen-bond acceptors (Lipinski definition) is 4. The zero-order valence-electron chi connectivity index (χ0n) is 8.98. The highest BCUT2D eigenvalue weighted by molar-refractivity contribution is 7.91. The monoisotopic (exact) mass is 277 g/mol. The Morgan fingerprint density at radius 1 is 1.53 bits per heavy atom. The Bertz CT molecular complexity index is 522. The Labute approximate surface area is 104 Å². The summed E-state index contributed by atoms with van der Waals surface area (Å²) in [6.45, 7) is 0. The van der Waals surface area contributed by atoms with Crippen molar-refractivity contribution in [2.75, 3.05) is 11.5 Å². The van der Waals surface area contributed by atoms with Crippen molar-refractivity contribution in [3.8, 4) is 0 Å². The lowest BCUT2D eigenvalue weighted by Gasteiger charge is -2.08. The number of hydrogen-bond donors (Lipinski definition) is 1. The summed E-state index contributed by atoms with van der Waals surface area (Å²) >= 11 is 5.55. The fraction of sp³-hybridized carbons (Fsp3) is 0.500. The van der Waals surface area contributed by atoms with Crippen LogP contribution in [0, 0.1) is 0 Å². The number of sulfone groups is 1. The van der Waals surface area contributed by atoms with Crippen molar-refractivity contribution >= 4 is 27.3 Å². The molecular weight excluding hydrogens is 266 g/mol. The summed E-state index contributed by atoms with van der Waals surface area (Å²) in [7, 11) is -2.99. The molecule has 7 heteroatoms. The molecule has 1 N–H and O–H groups in total. The molecule has 1 aliphatic heterocycles. The van der Waals surface area contributed by atoms with Crippen molar-refractivity contribution in [3.05, 3.63) is 23.7 Å². The molecule has 1 aromatic rings. The number of alkyl halides is 1. The van der Waals surface area contributed by atoms with Gasteiger partial charge in [0, 0.05) is 6.04 Å². The Hall–Kier alpha value is -1.01. The molecule has 2 heterocycles. The van der Waals surface area contributed by atoms with E-state index in [4.69, 9.17) is 16.0 Å². The van der Waals surface area contributed by atoms with E-state index in [1.54, 1.807) is 6.07 Å². The molecule has 2 rings (SSSR count). The largest absolute Gasteiger partial charge is 0.455 e. The zero-order chi connectivity index (χ0) is 12.5. The first-order valence-corrected chi connectivity index (χ1v) is 7.52. The third kappa shape index (κ3) is 3.01. The van der Waals surface area contributed by atoms with Crippen molar-refractivity contribution < 1.29 is 17.6 Å². The van der Waals surface area contributed by atoms with Crippen LogP contribution in [-0.2, 0) is 15.7 Å². The maximum Gasteiger partial charge on any atom is 0.287 e. The first kappa shape index (κ1) is 12.4. The van der Waals surface area contributed by atoms with Crippen molar-refractivity contribution in [2.45, 2.75) is 18.3 Å². The Morgan fingerprint density at radius 3 is 2.82 bits per heavy atom. The smallest absolute Gasteiger partial charge is 0.287 e. The van der Waals surface area contributed by atoms with Crippen LogP contribution in [-0.4, -0.2) is 31.9 Å². The molecule has 5 nitrogen and oxygen atoms in total. The van der Waals surface area contributed by atoms with Gasteiger partial charge in [-0.05, 0) is 18.6 Å². The maximum absolute atomic E-state index is 11.7. The van der Waals surface area contributed by atoms with Gasteiger partial charge in [-0.15, -0.1) is 11.6 Å². The van der Waals surface area contributed by atoms with Crippen LogP contribution in [0.1, 0.15) is 22.7 Å². The molecule has 0 bridgehead atoms. The zero-order valence-corrected chi connectivity index (χ0v) is 10.6. The van der Waals surface area contributed by atoms with Gasteiger partial charge in [-0.1, -0.05) is 0 Å². The number of carbonyl (C=O) groups is 1. The first-order chi connectivity index (χ1) is 8.00. The van der Waals surface area contributed by atoms with Crippen LogP contribution in [0.15, 0.2) is 16.5 Å². The number of carbonyl (C=O) groups excluding carboxylic acids is 1.